The molecule has 0 saturated carbocycles. The van der Waals surface area contributed by atoms with Crippen molar-refractivity contribution in [3.8, 4) is 5.75 Å². The Bertz CT molecular complexity index is 1120. The molecule has 10 nitrogen and oxygen atoms in total. The first-order valence-electron chi connectivity index (χ1n) is 9.84. The van der Waals surface area contributed by atoms with Crippen LogP contribution in [0.1, 0.15) is 28.8 Å². The lowest BCUT2D eigenvalue weighted by atomic mass is 10.0. The fraction of sp³-hybridized carbons (Fsp3) is 0.286. The van der Waals surface area contributed by atoms with Crippen molar-refractivity contribution in [2.75, 3.05) is 13.2 Å². The van der Waals surface area contributed by atoms with Crippen molar-refractivity contribution in [3.05, 3.63) is 59.7 Å². The Morgan fingerprint density at radius 2 is 1.81 bits per heavy atom. The van der Waals surface area contributed by atoms with Gasteiger partial charge in [0.1, 0.15) is 18.4 Å². The van der Waals surface area contributed by atoms with Gasteiger partial charge in [-0.25, -0.2) is 0 Å². The Morgan fingerprint density at radius 3 is 2.41 bits per heavy atom. The summed E-state index contributed by atoms with van der Waals surface area (Å²) >= 11 is 0. The van der Waals surface area contributed by atoms with Crippen LogP contribution in [0.2, 0.25) is 0 Å². The summed E-state index contributed by atoms with van der Waals surface area (Å²) in [5.74, 6) is -0.298. The van der Waals surface area contributed by atoms with Crippen molar-refractivity contribution < 1.29 is 32.1 Å². The summed E-state index contributed by atoms with van der Waals surface area (Å²) < 4.78 is 34.8. The molecule has 2 heterocycles. The van der Waals surface area contributed by atoms with Crippen molar-refractivity contribution in [1.29, 1.82) is 0 Å². The van der Waals surface area contributed by atoms with E-state index in [1.807, 2.05) is 0 Å². The Kier molecular flexibility index (Phi) is 7.23. The van der Waals surface area contributed by atoms with Crippen molar-refractivity contribution >= 4 is 27.8 Å². The number of imide groups is 1. The van der Waals surface area contributed by atoms with E-state index in [1.54, 1.807) is 36.4 Å². The maximum Gasteiger partial charge on any atom is 0.294 e. The average Bonchev–Trinajstić information content (AvgIpc) is 3.10. The Labute approximate surface area is 185 Å². The molecule has 0 aromatic heterocycles. The van der Waals surface area contributed by atoms with Crippen LogP contribution >= 0.6 is 0 Å². The number of amides is 3. The minimum absolute atomic E-state index is 0.0741. The van der Waals surface area contributed by atoms with E-state index >= 15 is 0 Å². The lowest BCUT2D eigenvalue weighted by Crippen LogP contribution is -2.52. The lowest BCUT2D eigenvalue weighted by Gasteiger charge is -2.29. The first-order chi connectivity index (χ1) is 15.2. The zero-order chi connectivity index (χ0) is 23.3. The van der Waals surface area contributed by atoms with Gasteiger partial charge in [-0.15, -0.1) is 0 Å². The van der Waals surface area contributed by atoms with Crippen LogP contribution in [0.4, 0.5) is 0 Å². The number of fused-ring (bicyclic) bond motifs is 1. The summed E-state index contributed by atoms with van der Waals surface area (Å²) in [7, 11) is -4.00. The third kappa shape index (κ3) is 5.31. The van der Waals surface area contributed by atoms with Gasteiger partial charge in [-0.2, -0.15) is 8.42 Å². The van der Waals surface area contributed by atoms with Crippen LogP contribution in [0.3, 0.4) is 0 Å². The summed E-state index contributed by atoms with van der Waals surface area (Å²) in [6.07, 6.45) is 0.594. The third-order valence-corrected chi connectivity index (χ3v) is 5.82. The molecule has 0 spiro atoms. The number of hydrogen-bond acceptors (Lipinski definition) is 7. The van der Waals surface area contributed by atoms with E-state index in [9.17, 15) is 22.8 Å². The van der Waals surface area contributed by atoms with Gasteiger partial charge in [0, 0.05) is 24.1 Å². The normalized spacial score (nSPS) is 17.9. The number of rotatable bonds is 5. The highest BCUT2D eigenvalue weighted by Gasteiger charge is 2.40. The highest BCUT2D eigenvalue weighted by molar-refractivity contribution is 7.85. The summed E-state index contributed by atoms with van der Waals surface area (Å²) in [6.45, 7) is 1.05. The zero-order valence-corrected chi connectivity index (χ0v) is 17.9. The predicted molar refractivity (Wildman–Crippen MR) is 113 cm³/mol. The Morgan fingerprint density at radius 1 is 1.09 bits per heavy atom. The van der Waals surface area contributed by atoms with Gasteiger partial charge < -0.3 is 15.4 Å². The van der Waals surface area contributed by atoms with Crippen LogP contribution in [-0.4, -0.2) is 54.8 Å². The van der Waals surface area contributed by atoms with Gasteiger partial charge in [0.25, 0.3) is 16.0 Å². The molecule has 0 bridgehead atoms. The van der Waals surface area contributed by atoms with E-state index in [0.29, 0.717) is 37.4 Å². The third-order valence-electron chi connectivity index (χ3n) is 4.96. The molecule has 0 radical (unpaired) electrons. The number of carbonyl (C=O) groups excluding carboxylic acids is 3. The molecule has 1 atom stereocenters. The second kappa shape index (κ2) is 9.90. The largest absolute Gasteiger partial charge is 0.492 e. The van der Waals surface area contributed by atoms with Crippen LogP contribution in [0.25, 0.3) is 0 Å². The number of nitrogens with zero attached hydrogens (tertiary/aromatic N) is 1. The number of benzene rings is 2. The second-order valence-corrected chi connectivity index (χ2v) is 8.53. The van der Waals surface area contributed by atoms with E-state index in [2.05, 4.69) is 5.32 Å². The number of nitrogens with two attached hydrogens (primary N) is 1. The molecule has 4 N–H and O–H groups in total. The first-order valence-corrected chi connectivity index (χ1v) is 11.3. The van der Waals surface area contributed by atoms with Crippen molar-refractivity contribution in [2.45, 2.75) is 30.3 Å². The standard InChI is InChI=1S/C15H17N3O4.C6H6O3S/c16-6-7-22-12-3-1-2-9-10(12)8-18(15(9)21)11-4-5-13(19)17-14(11)20;7-10(8,9)6-4-2-1-3-5-6/h1-3,11H,4-8,16H2,(H,17,19,20);1-5H,(H,7,8,9). The number of hydrogen-bond donors (Lipinski definition) is 3. The van der Waals surface area contributed by atoms with Gasteiger partial charge >= 0.3 is 0 Å². The fourth-order valence-corrected chi connectivity index (χ4v) is 3.95. The van der Waals surface area contributed by atoms with Crippen LogP contribution in [-0.2, 0) is 26.3 Å². The van der Waals surface area contributed by atoms with Gasteiger partial charge in [0.2, 0.25) is 11.8 Å². The summed E-state index contributed by atoms with van der Waals surface area (Å²) in [4.78, 5) is 37.2. The molecule has 170 valence electrons. The molecule has 1 unspecified atom stereocenters. The van der Waals surface area contributed by atoms with Crippen molar-refractivity contribution in [3.63, 3.8) is 0 Å². The van der Waals surface area contributed by atoms with Gasteiger partial charge in [0.15, 0.2) is 0 Å². The van der Waals surface area contributed by atoms with Gasteiger partial charge in [-0.3, -0.25) is 24.3 Å². The summed E-state index contributed by atoms with van der Waals surface area (Å²) in [5.41, 5.74) is 6.75. The van der Waals surface area contributed by atoms with Crippen LogP contribution in [0.5, 0.6) is 5.75 Å². The van der Waals surface area contributed by atoms with Crippen LogP contribution in [0.15, 0.2) is 53.4 Å². The van der Waals surface area contributed by atoms with Gasteiger partial charge in [-0.1, -0.05) is 24.3 Å². The van der Waals surface area contributed by atoms with Gasteiger partial charge in [-0.05, 0) is 30.7 Å². The molecule has 11 heteroatoms. The summed E-state index contributed by atoms with van der Waals surface area (Å²) in [6, 6.07) is 12.1. The molecule has 2 aliphatic rings. The van der Waals surface area contributed by atoms with Crippen molar-refractivity contribution in [2.24, 2.45) is 5.73 Å². The number of piperidine rings is 1. The molecule has 2 aliphatic heterocycles. The highest BCUT2D eigenvalue weighted by Crippen LogP contribution is 2.33. The Hall–Kier alpha value is -3.28. The fourth-order valence-electron chi connectivity index (χ4n) is 3.45. The molecule has 1 fully saturated rings. The number of nitrogens with one attached hydrogen (secondary N) is 1. The molecular formula is C21H23N3O7S. The topological polar surface area (TPSA) is 156 Å². The molecule has 4 rings (SSSR count). The number of ether oxygens (including phenoxy) is 1. The molecular weight excluding hydrogens is 438 g/mol. The molecule has 32 heavy (non-hydrogen) atoms. The number of carbonyl (C=O) groups is 3. The van der Waals surface area contributed by atoms with Crippen molar-refractivity contribution in [1.82, 2.24) is 10.2 Å². The minimum Gasteiger partial charge on any atom is -0.492 e. The van der Waals surface area contributed by atoms with Crippen LogP contribution in [0, 0.1) is 0 Å². The zero-order valence-electron chi connectivity index (χ0n) is 17.1. The second-order valence-electron chi connectivity index (χ2n) is 7.11. The monoisotopic (exact) mass is 461 g/mol. The van der Waals surface area contributed by atoms with E-state index in [0.717, 1.165) is 5.56 Å². The summed E-state index contributed by atoms with van der Waals surface area (Å²) in [5, 5.41) is 2.28. The maximum atomic E-state index is 12.5. The highest BCUT2D eigenvalue weighted by atomic mass is 32.2. The van der Waals surface area contributed by atoms with E-state index in [4.69, 9.17) is 15.0 Å². The molecule has 1 saturated heterocycles. The van der Waals surface area contributed by atoms with E-state index < -0.39 is 22.1 Å². The minimum atomic E-state index is -4.00. The molecule has 2 aromatic rings. The smallest absolute Gasteiger partial charge is 0.294 e. The van der Waals surface area contributed by atoms with Crippen LogP contribution < -0.4 is 15.8 Å². The lowest BCUT2D eigenvalue weighted by molar-refractivity contribution is -0.136. The average molecular weight is 461 g/mol. The molecule has 2 aromatic carbocycles. The molecule has 3 amide bonds. The molecule has 0 aliphatic carbocycles. The quantitative estimate of drug-likeness (QED) is 0.434. The van der Waals surface area contributed by atoms with E-state index in [1.165, 1.54) is 17.0 Å². The SMILES string of the molecule is NCCOc1cccc2c1CN(C1CCC(=O)NC1=O)C2=O.O=S(=O)(O)c1ccccc1. The van der Waals surface area contributed by atoms with E-state index in [-0.39, 0.29) is 23.1 Å². The van der Waals surface area contributed by atoms with Gasteiger partial charge in [0.05, 0.1) is 11.4 Å². The first kappa shape index (κ1) is 23.4. The predicted octanol–water partition coefficient (Wildman–Crippen LogP) is 0.718. The Balaban J connectivity index is 0.000000243. The maximum absolute atomic E-state index is 12.5.